The number of aromatic nitrogens is 4. The van der Waals surface area contributed by atoms with Gasteiger partial charge in [0.05, 0.1) is 93.0 Å². The molecule has 12 nitrogen and oxygen atoms in total. The Hall–Kier alpha value is -11.8. The smallest absolute Gasteiger partial charge is 0.343 e. The maximum absolute atomic E-state index is 13.2. The van der Waals surface area contributed by atoms with Gasteiger partial charge in [-0.05, 0) is 48.5 Å². The number of benzene rings is 8. The molecule has 5 heterocycles. The average Bonchev–Trinajstić information content (AvgIpc) is 3.96. The highest BCUT2D eigenvalue weighted by atomic mass is 16.5. The number of carbonyl (C=O) groups excluding carboxylic acids is 4. The quantitative estimate of drug-likeness (QED) is 0.0533. The van der Waals surface area contributed by atoms with Crippen molar-refractivity contribution in [1.29, 1.82) is 0 Å². The molecule has 400 valence electrons. The monoisotopic (exact) mass is 1100 g/mol. The predicted molar refractivity (Wildman–Crippen MR) is 317 cm³/mol. The highest BCUT2D eigenvalue weighted by Crippen LogP contribution is 2.41. The van der Waals surface area contributed by atoms with E-state index in [2.05, 4.69) is 19.9 Å². The van der Waals surface area contributed by atoms with E-state index in [0.717, 1.165) is 91.5 Å². The maximum atomic E-state index is 13.2. The molecule has 0 radical (unpaired) electrons. The Morgan fingerprint density at radius 1 is 0.214 bits per heavy atom. The summed E-state index contributed by atoms with van der Waals surface area (Å²) < 4.78 is 23.3. The fourth-order valence-corrected chi connectivity index (χ4v) is 10.3. The van der Waals surface area contributed by atoms with Crippen molar-refractivity contribution in [2.75, 3.05) is 0 Å². The lowest BCUT2D eigenvalue weighted by molar-refractivity contribution is 0.0725. The zero-order valence-electron chi connectivity index (χ0n) is 44.7. The van der Waals surface area contributed by atoms with E-state index in [4.69, 9.17) is 18.9 Å². The van der Waals surface area contributed by atoms with Crippen LogP contribution < -0.4 is 18.9 Å². The van der Waals surface area contributed by atoms with Crippen LogP contribution in [-0.2, 0) is 0 Å². The minimum absolute atomic E-state index is 0.381. The number of H-pyrrole nitrogens is 4. The van der Waals surface area contributed by atoms with E-state index < -0.39 is 23.9 Å². The summed E-state index contributed by atoms with van der Waals surface area (Å²) in [7, 11) is 0. The number of ether oxygens (including phenoxy) is 4. The van der Waals surface area contributed by atoms with Gasteiger partial charge in [-0.1, -0.05) is 72.8 Å². The lowest BCUT2D eigenvalue weighted by Crippen LogP contribution is -2.12. The molecule has 0 aliphatic carbocycles. The van der Waals surface area contributed by atoms with Gasteiger partial charge in [0.25, 0.3) is 0 Å². The van der Waals surface area contributed by atoms with Crippen molar-refractivity contribution in [3.8, 4) is 23.0 Å². The molecule has 4 N–H and O–H groups in total. The number of aromatic amines is 4. The molecule has 0 spiro atoms. The Balaban J connectivity index is 0.926. The SMILES string of the molecule is O=C(Oc1ccc([C+]2c3ccc([nH]3)[C+](c3ccc(OC(=O)c4ccccc4)cc3)c3ccc([nH]3)[C+](c3ccc(OC(=O)c4ccccc4)cc3)c3ccc([nH]3)[C+](c3ccc(OC(=O)c4ccccc4)cc3)c3ccc2[nH]3)cc1)c1ccccc1. The molecular weight excluding hydrogens is 1050 g/mol. The van der Waals surface area contributed by atoms with Gasteiger partial charge in [-0.2, -0.15) is 0 Å². The number of hydrogen-bond acceptors (Lipinski definition) is 8. The Labute approximate surface area is 483 Å². The third-order valence-corrected chi connectivity index (χ3v) is 14.4. The van der Waals surface area contributed by atoms with Gasteiger partial charge in [-0.15, -0.1) is 0 Å². The molecule has 0 atom stereocenters. The molecule has 4 aromatic heterocycles. The highest BCUT2D eigenvalue weighted by molar-refractivity contribution is 5.93. The first-order valence-electron chi connectivity index (χ1n) is 27.0. The number of nitrogens with one attached hydrogen (secondary N) is 4. The van der Waals surface area contributed by atoms with Crippen LogP contribution in [0.2, 0.25) is 0 Å². The molecule has 1 aliphatic heterocycles. The summed E-state index contributed by atoms with van der Waals surface area (Å²) in [5.74, 6) is 2.92. The van der Waals surface area contributed by atoms with Crippen molar-refractivity contribution in [2.45, 2.75) is 0 Å². The van der Waals surface area contributed by atoms with Crippen LogP contribution in [-0.4, -0.2) is 43.8 Å². The first-order valence-corrected chi connectivity index (χ1v) is 27.0. The van der Waals surface area contributed by atoms with Gasteiger partial charge >= 0.3 is 23.9 Å². The summed E-state index contributed by atoms with van der Waals surface area (Å²) in [5, 5.41) is 0. The second-order valence-electron chi connectivity index (χ2n) is 19.8. The van der Waals surface area contributed by atoms with Crippen molar-refractivity contribution < 1.29 is 38.1 Å². The maximum Gasteiger partial charge on any atom is 0.343 e. The van der Waals surface area contributed by atoms with Gasteiger partial charge in [0.2, 0.25) is 0 Å². The third-order valence-electron chi connectivity index (χ3n) is 14.4. The van der Waals surface area contributed by atoms with Gasteiger partial charge in [0, 0.05) is 97.1 Å². The predicted octanol–water partition coefficient (Wildman–Crippen LogP) is 14.3. The van der Waals surface area contributed by atoms with Gasteiger partial charge < -0.3 is 38.9 Å². The largest absolute Gasteiger partial charge is 0.421 e. The van der Waals surface area contributed by atoms with Crippen LogP contribution >= 0.6 is 0 Å². The standard InChI is InChI=1S/C72H48N4O8/c77-69(49-13-5-1-6-14-49)81-53-29-21-45(22-30-53)65-57-37-39-59(73-57)66(46-23-31-54(32-24-46)82-70(78)50-15-7-2-8-16-50)61-41-43-63(75-61)68(48-27-35-56(36-28-48)84-72(80)52-19-11-4-12-20-52)64-44-42-62(76-64)67(60-40-38-58(65)74-60)47-25-33-55(34-26-47)83-71(79)51-17-9-3-10-18-51/h1-44,73-76H/q+4. The topological polar surface area (TPSA) is 168 Å². The molecule has 1 aliphatic rings. The molecule has 0 fully saturated rings. The summed E-state index contributed by atoms with van der Waals surface area (Å²) in [6.45, 7) is 0. The fourth-order valence-electron chi connectivity index (χ4n) is 10.3. The first-order chi connectivity index (χ1) is 41.2. The van der Waals surface area contributed by atoms with Crippen LogP contribution in [0.3, 0.4) is 0 Å². The number of carbonyl (C=O) groups is 4. The summed E-state index contributed by atoms with van der Waals surface area (Å²) in [6, 6.07) is 81.3. The molecule has 8 aromatic carbocycles. The fraction of sp³-hybridized carbons (Fsp3) is 0. The highest BCUT2D eigenvalue weighted by Gasteiger charge is 2.38. The van der Waals surface area contributed by atoms with Crippen LogP contribution in [0.25, 0.3) is 0 Å². The molecule has 12 aromatic rings. The zero-order chi connectivity index (χ0) is 56.9. The Morgan fingerprint density at radius 3 is 0.548 bits per heavy atom. The summed E-state index contributed by atoms with van der Waals surface area (Å²) in [5.41, 5.74) is 11.2. The normalized spacial score (nSPS) is 11.9. The van der Waals surface area contributed by atoms with E-state index in [1.807, 2.05) is 121 Å². The molecule has 0 saturated carbocycles. The van der Waals surface area contributed by atoms with Gasteiger partial charge in [0.1, 0.15) is 92.2 Å². The first kappa shape index (κ1) is 51.7. The Kier molecular flexibility index (Phi) is 14.0. The van der Waals surface area contributed by atoms with E-state index in [1.54, 1.807) is 146 Å². The minimum atomic E-state index is -0.468. The van der Waals surface area contributed by atoms with Crippen LogP contribution in [0, 0.1) is 23.7 Å². The number of fused-ring (bicyclic) bond motifs is 8. The Morgan fingerprint density at radius 2 is 0.381 bits per heavy atom. The molecule has 13 rings (SSSR count). The summed E-state index contributed by atoms with van der Waals surface area (Å²) in [6.07, 6.45) is 0. The van der Waals surface area contributed by atoms with Crippen molar-refractivity contribution in [3.63, 3.8) is 0 Å². The van der Waals surface area contributed by atoms with E-state index in [-0.39, 0.29) is 0 Å². The molecule has 12 heteroatoms. The number of hydrogen-bond donors (Lipinski definition) is 4. The number of rotatable bonds is 12. The van der Waals surface area contributed by atoms with E-state index in [1.165, 1.54) is 0 Å². The van der Waals surface area contributed by atoms with Crippen LogP contribution in [0.1, 0.15) is 109 Å². The van der Waals surface area contributed by atoms with Gasteiger partial charge in [0.15, 0.2) is 0 Å². The van der Waals surface area contributed by atoms with E-state index >= 15 is 0 Å². The zero-order valence-corrected chi connectivity index (χ0v) is 44.7. The minimum Gasteiger partial charge on any atom is -0.421 e. The van der Waals surface area contributed by atoms with Crippen LogP contribution in [0.5, 0.6) is 23.0 Å². The van der Waals surface area contributed by atoms with Crippen molar-refractivity contribution in [2.24, 2.45) is 0 Å². The lowest BCUT2D eigenvalue weighted by atomic mass is 9.92. The second kappa shape index (κ2) is 22.8. The third kappa shape index (κ3) is 10.8. The molecule has 0 unspecified atom stereocenters. The number of esters is 4. The summed E-state index contributed by atoms with van der Waals surface area (Å²) in [4.78, 5) is 67.9. The van der Waals surface area contributed by atoms with Crippen LogP contribution in [0.15, 0.2) is 267 Å². The van der Waals surface area contributed by atoms with Crippen molar-refractivity contribution in [3.05, 3.63) is 381 Å². The molecule has 0 saturated heterocycles. The van der Waals surface area contributed by atoms with E-state index in [9.17, 15) is 19.2 Å². The lowest BCUT2D eigenvalue weighted by Gasteiger charge is -2.14. The van der Waals surface area contributed by atoms with Crippen LogP contribution in [0.4, 0.5) is 0 Å². The Bertz CT molecular complexity index is 3630. The van der Waals surface area contributed by atoms with Gasteiger partial charge in [-0.25, -0.2) is 19.2 Å². The molecular formula is C72H48N4O8+4. The summed E-state index contributed by atoms with van der Waals surface area (Å²) >= 11 is 0. The molecule has 0 amide bonds. The van der Waals surface area contributed by atoms with Crippen molar-refractivity contribution in [1.82, 2.24) is 19.9 Å². The molecule has 8 bridgehead atoms. The van der Waals surface area contributed by atoms with Crippen molar-refractivity contribution >= 4 is 23.9 Å². The van der Waals surface area contributed by atoms with Gasteiger partial charge in [-0.3, -0.25) is 0 Å². The average molecular weight is 1100 g/mol. The van der Waals surface area contributed by atoms with E-state index in [0.29, 0.717) is 45.3 Å². The molecule has 84 heavy (non-hydrogen) atoms. The second-order valence-corrected chi connectivity index (χ2v) is 19.8.